The fourth-order valence-corrected chi connectivity index (χ4v) is 5.43. The van der Waals surface area contributed by atoms with Gasteiger partial charge in [0.05, 0.1) is 25.6 Å². The summed E-state index contributed by atoms with van der Waals surface area (Å²) in [5, 5.41) is 33.7. The minimum Gasteiger partial charge on any atom is -0.481 e. The maximum absolute atomic E-state index is 13.7. The van der Waals surface area contributed by atoms with Crippen molar-refractivity contribution in [2.45, 2.75) is 109 Å². The summed E-state index contributed by atoms with van der Waals surface area (Å²) < 4.78 is 0.903. The molecule has 18 nitrogen and oxygen atoms in total. The second-order valence-corrected chi connectivity index (χ2v) is 14.9. The number of hydrogen-bond donors (Lipinski definition) is 10. The van der Waals surface area contributed by atoms with Gasteiger partial charge in [0.1, 0.15) is 30.2 Å². The molecule has 1 rings (SSSR count). The monoisotopic (exact) mass is 874 g/mol. The van der Waals surface area contributed by atoms with Crippen molar-refractivity contribution in [1.29, 1.82) is 0 Å². The van der Waals surface area contributed by atoms with Crippen LogP contribution in [0.5, 0.6) is 0 Å². The van der Waals surface area contributed by atoms with Gasteiger partial charge < -0.3 is 53.6 Å². The summed E-state index contributed by atoms with van der Waals surface area (Å²) >= 11 is 2.09. The lowest BCUT2D eigenvalue weighted by molar-refractivity contribution is -0.140. The van der Waals surface area contributed by atoms with E-state index in [9.17, 15) is 43.5 Å². The summed E-state index contributed by atoms with van der Waals surface area (Å²) in [5.74, 6) is -7.40. The number of carbonyl (C=O) groups is 8. The molecule has 0 bridgehead atoms. The van der Waals surface area contributed by atoms with Gasteiger partial charge in [0, 0.05) is 9.99 Å². The molecule has 0 radical (unpaired) electrons. The second kappa shape index (κ2) is 24.1. The second-order valence-electron chi connectivity index (χ2n) is 13.6. The lowest BCUT2D eigenvalue weighted by Crippen LogP contribution is -2.60. The molecule has 6 atom stereocenters. The average molecular weight is 875 g/mol. The Hall–Kier alpha value is -4.37. The van der Waals surface area contributed by atoms with Crippen LogP contribution in [0.25, 0.3) is 0 Å². The molecular weight excluding hydrogens is 819 g/mol. The van der Waals surface area contributed by atoms with E-state index in [2.05, 4.69) is 54.5 Å². The third kappa shape index (κ3) is 17.6. The van der Waals surface area contributed by atoms with Crippen molar-refractivity contribution in [1.82, 2.24) is 31.9 Å². The topological polar surface area (TPSA) is 301 Å². The van der Waals surface area contributed by atoms with Crippen LogP contribution in [0.15, 0.2) is 24.3 Å². The molecule has 0 aliphatic heterocycles. The third-order valence-electron chi connectivity index (χ3n) is 8.07. The van der Waals surface area contributed by atoms with Crippen LogP contribution in [0, 0.1) is 15.4 Å². The van der Waals surface area contributed by atoms with E-state index in [0.717, 1.165) is 9.99 Å². The van der Waals surface area contributed by atoms with Crippen LogP contribution >= 0.6 is 22.6 Å². The highest BCUT2D eigenvalue weighted by Crippen LogP contribution is 2.11. The van der Waals surface area contributed by atoms with Gasteiger partial charge in [-0.05, 0) is 65.0 Å². The van der Waals surface area contributed by atoms with Crippen molar-refractivity contribution in [3.05, 3.63) is 33.4 Å². The molecular formula is C35H55IN8O10. The lowest BCUT2D eigenvalue weighted by Gasteiger charge is -2.27. The zero-order valence-corrected chi connectivity index (χ0v) is 33.4. The minimum atomic E-state index is -1.59. The van der Waals surface area contributed by atoms with E-state index >= 15 is 0 Å². The summed E-state index contributed by atoms with van der Waals surface area (Å²) in [5.41, 5.74) is 11.7. The normalized spacial score (nSPS) is 14.4. The highest BCUT2D eigenvalue weighted by Gasteiger charge is 2.32. The number of amides is 7. The molecule has 0 saturated heterocycles. The first-order valence-electron chi connectivity index (χ1n) is 17.7. The van der Waals surface area contributed by atoms with Crippen LogP contribution in [-0.4, -0.2) is 107 Å². The van der Waals surface area contributed by atoms with E-state index in [1.807, 2.05) is 20.8 Å². The fourth-order valence-electron chi connectivity index (χ4n) is 5.07. The number of nitrogens with two attached hydrogens (primary N) is 2. The van der Waals surface area contributed by atoms with Gasteiger partial charge in [-0.1, -0.05) is 59.6 Å². The first kappa shape index (κ1) is 47.7. The standard InChI is InChI=1S/C35H55IN8O10/c1-6-7-8-23(30(38)49)41-32(51)24(13-18(2)3)40-27(46)16-39-35(54)29(19(4)5)44-33(52)25(14-20-9-11-21(36)12-10-20)42-34(53)26(17-45)43-31(50)22(37)15-28(47)48/h9-12,18-19,22-26,29,45H,6-8,13-17,37H2,1-5H3,(H2,38,49)(H,39,54)(H,40,46)(H,41,51)(H,42,53)(H,43,50)(H,44,52)(H,47,48)/t22-,23-,24-,25-,26-,29-/m0/s1. The number of rotatable bonds is 24. The predicted molar refractivity (Wildman–Crippen MR) is 206 cm³/mol. The lowest BCUT2D eigenvalue weighted by atomic mass is 10.0. The Kier molecular flexibility index (Phi) is 21.3. The van der Waals surface area contributed by atoms with Crippen molar-refractivity contribution in [2.75, 3.05) is 13.2 Å². The van der Waals surface area contributed by atoms with E-state index in [1.54, 1.807) is 38.1 Å². The Morgan fingerprint density at radius 3 is 1.83 bits per heavy atom. The Labute approximate surface area is 328 Å². The van der Waals surface area contributed by atoms with E-state index in [-0.39, 0.29) is 18.8 Å². The Balaban J connectivity index is 3.11. The summed E-state index contributed by atoms with van der Waals surface area (Å²) in [7, 11) is 0. The number of aliphatic hydroxyl groups excluding tert-OH is 1. The molecule has 0 heterocycles. The van der Waals surface area contributed by atoms with Gasteiger partial charge in [0.15, 0.2) is 0 Å². The van der Waals surface area contributed by atoms with Crippen molar-refractivity contribution in [2.24, 2.45) is 23.3 Å². The van der Waals surface area contributed by atoms with Gasteiger partial charge in [0.2, 0.25) is 41.4 Å². The van der Waals surface area contributed by atoms with E-state index < -0.39 is 109 Å². The number of primary amides is 1. The SMILES string of the molecule is CCCC[C@H](NC(=O)[C@H](CC(C)C)NC(=O)CNC(=O)[C@@H](NC(=O)[C@H](Cc1ccc(I)cc1)NC(=O)[C@H](CO)NC(=O)[C@@H](N)CC(=O)O)C(C)C)C(N)=O. The van der Waals surface area contributed by atoms with Crippen LogP contribution < -0.4 is 43.4 Å². The van der Waals surface area contributed by atoms with Crippen molar-refractivity contribution in [3.63, 3.8) is 0 Å². The number of carbonyl (C=O) groups excluding carboxylic acids is 7. The number of nitrogens with one attached hydrogen (secondary N) is 6. The quantitative estimate of drug-likeness (QED) is 0.0536. The summed E-state index contributed by atoms with van der Waals surface area (Å²) in [6, 6.07) is -0.556. The molecule has 1 aromatic carbocycles. The van der Waals surface area contributed by atoms with E-state index in [1.165, 1.54) is 0 Å². The fraction of sp³-hybridized carbons (Fsp3) is 0.600. The molecule has 12 N–H and O–H groups in total. The van der Waals surface area contributed by atoms with Crippen LogP contribution in [0.3, 0.4) is 0 Å². The number of benzene rings is 1. The van der Waals surface area contributed by atoms with E-state index in [4.69, 9.17) is 16.6 Å². The minimum absolute atomic E-state index is 0.0229. The smallest absolute Gasteiger partial charge is 0.305 e. The number of carboxylic acid groups (broad SMARTS) is 1. The number of halogens is 1. The molecule has 0 aromatic heterocycles. The van der Waals surface area contributed by atoms with Crippen LogP contribution in [0.1, 0.15) is 72.3 Å². The van der Waals surface area contributed by atoms with Crippen molar-refractivity contribution in [3.8, 4) is 0 Å². The van der Waals surface area contributed by atoms with Gasteiger partial charge >= 0.3 is 5.97 Å². The Morgan fingerprint density at radius 1 is 0.759 bits per heavy atom. The number of hydrogen-bond acceptors (Lipinski definition) is 10. The maximum Gasteiger partial charge on any atom is 0.305 e. The highest BCUT2D eigenvalue weighted by atomic mass is 127. The zero-order valence-electron chi connectivity index (χ0n) is 31.3. The molecule has 0 fully saturated rings. The molecule has 54 heavy (non-hydrogen) atoms. The number of aliphatic hydroxyl groups is 1. The Morgan fingerprint density at radius 2 is 1.31 bits per heavy atom. The maximum atomic E-state index is 13.7. The van der Waals surface area contributed by atoms with Gasteiger partial charge in [-0.2, -0.15) is 0 Å². The molecule has 7 amide bonds. The first-order valence-corrected chi connectivity index (χ1v) is 18.8. The van der Waals surface area contributed by atoms with Crippen LogP contribution in [0.2, 0.25) is 0 Å². The molecule has 1 aromatic rings. The van der Waals surface area contributed by atoms with Crippen LogP contribution in [-0.2, 0) is 44.8 Å². The average Bonchev–Trinajstić information content (AvgIpc) is 3.09. The van der Waals surface area contributed by atoms with Crippen LogP contribution in [0.4, 0.5) is 0 Å². The largest absolute Gasteiger partial charge is 0.481 e. The molecule has 0 unspecified atom stereocenters. The number of unbranched alkanes of at least 4 members (excludes halogenated alkanes) is 1. The van der Waals surface area contributed by atoms with Gasteiger partial charge in [-0.25, -0.2) is 0 Å². The van der Waals surface area contributed by atoms with Crippen molar-refractivity contribution < 1.29 is 48.6 Å². The van der Waals surface area contributed by atoms with Gasteiger partial charge in [-0.15, -0.1) is 0 Å². The zero-order chi connectivity index (χ0) is 41.1. The summed E-state index contributed by atoms with van der Waals surface area (Å²) in [6.45, 7) is 7.45. The number of carboxylic acids is 1. The first-order chi connectivity index (χ1) is 25.3. The highest BCUT2D eigenvalue weighted by molar-refractivity contribution is 14.1. The summed E-state index contributed by atoms with van der Waals surface area (Å²) in [6.07, 6.45) is 1.22. The molecule has 0 aliphatic carbocycles. The number of aliphatic carboxylic acids is 1. The van der Waals surface area contributed by atoms with E-state index in [0.29, 0.717) is 18.4 Å². The van der Waals surface area contributed by atoms with Gasteiger partial charge in [0.25, 0.3) is 0 Å². The van der Waals surface area contributed by atoms with Crippen molar-refractivity contribution >= 4 is 69.9 Å². The predicted octanol–water partition coefficient (Wildman–Crippen LogP) is -1.45. The summed E-state index contributed by atoms with van der Waals surface area (Å²) in [4.78, 5) is 101. The van der Waals surface area contributed by atoms with Gasteiger partial charge in [-0.3, -0.25) is 38.4 Å². The molecule has 0 spiro atoms. The molecule has 302 valence electrons. The Bertz CT molecular complexity index is 1460. The molecule has 19 heteroatoms. The molecule has 0 aliphatic rings. The molecule has 0 saturated carbocycles. The third-order valence-corrected chi connectivity index (χ3v) is 8.79.